The Balaban J connectivity index is 1.68. The van der Waals surface area contributed by atoms with Crippen molar-refractivity contribution in [1.29, 1.82) is 0 Å². The van der Waals surface area contributed by atoms with Crippen molar-refractivity contribution in [2.75, 3.05) is 6.61 Å². The molecule has 0 spiro atoms. The zero-order valence-corrected chi connectivity index (χ0v) is 19.6. The van der Waals surface area contributed by atoms with Crippen LogP contribution in [0, 0.1) is 6.92 Å². The SMILES string of the molecule is CCOC(=O)Cn1nnnc1[C@H](CC)N(Cc1cc2ccc(C)cc2[nH]c1=O)C1CCCC1. The summed E-state index contributed by atoms with van der Waals surface area (Å²) in [6.07, 6.45) is 5.23. The molecule has 0 radical (unpaired) electrons. The number of carbonyl (C=O) groups is 1. The molecule has 3 aromatic rings. The Labute approximate surface area is 193 Å². The lowest BCUT2D eigenvalue weighted by Crippen LogP contribution is -2.39. The normalized spacial score (nSPS) is 15.4. The number of ether oxygens (including phenoxy) is 1. The van der Waals surface area contributed by atoms with Gasteiger partial charge in [-0.15, -0.1) is 5.10 Å². The summed E-state index contributed by atoms with van der Waals surface area (Å²) in [6, 6.07) is 8.29. The van der Waals surface area contributed by atoms with Gasteiger partial charge in [0.05, 0.1) is 12.6 Å². The highest BCUT2D eigenvalue weighted by Crippen LogP contribution is 2.33. The number of nitrogens with zero attached hydrogens (tertiary/aromatic N) is 5. The second kappa shape index (κ2) is 10.2. The van der Waals surface area contributed by atoms with Crippen LogP contribution < -0.4 is 5.56 Å². The zero-order valence-electron chi connectivity index (χ0n) is 19.6. The van der Waals surface area contributed by atoms with Crippen LogP contribution in [0.3, 0.4) is 0 Å². The van der Waals surface area contributed by atoms with E-state index in [1.165, 1.54) is 17.5 Å². The van der Waals surface area contributed by atoms with Crippen molar-refractivity contribution in [3.05, 3.63) is 51.6 Å². The zero-order chi connectivity index (χ0) is 23.4. The molecule has 1 saturated carbocycles. The fourth-order valence-corrected chi connectivity index (χ4v) is 4.86. The number of rotatable bonds is 9. The fourth-order valence-electron chi connectivity index (χ4n) is 4.86. The lowest BCUT2D eigenvalue weighted by atomic mass is 10.0. The maximum atomic E-state index is 13.0. The topological polar surface area (TPSA) is 106 Å². The molecule has 0 bridgehead atoms. The van der Waals surface area contributed by atoms with Crippen molar-refractivity contribution in [3.63, 3.8) is 0 Å². The van der Waals surface area contributed by atoms with Gasteiger partial charge in [0.1, 0.15) is 6.54 Å². The summed E-state index contributed by atoms with van der Waals surface area (Å²) in [5.74, 6) is 0.264. The minimum absolute atomic E-state index is 0.0267. The number of pyridine rings is 1. The molecule has 2 aromatic heterocycles. The van der Waals surface area contributed by atoms with Crippen molar-refractivity contribution in [2.24, 2.45) is 0 Å². The molecule has 1 N–H and O–H groups in total. The van der Waals surface area contributed by atoms with Gasteiger partial charge in [-0.2, -0.15) is 0 Å². The lowest BCUT2D eigenvalue weighted by Gasteiger charge is -2.35. The van der Waals surface area contributed by atoms with Gasteiger partial charge in [0, 0.05) is 23.7 Å². The first kappa shape index (κ1) is 23.1. The van der Waals surface area contributed by atoms with E-state index in [1.807, 2.05) is 25.1 Å². The molecule has 33 heavy (non-hydrogen) atoms. The standard InChI is InChI=1S/C24H32N6O3/c1-4-21(23-26-27-28-30(23)15-22(31)33-5-2)29(19-8-6-7-9-19)14-18-13-17-11-10-16(3)12-20(17)25-24(18)32/h10-13,19,21H,4-9,14-15H2,1-3H3,(H,25,32)/t21-/m0/s1. The van der Waals surface area contributed by atoms with Crippen molar-refractivity contribution in [3.8, 4) is 0 Å². The Hall–Kier alpha value is -3.07. The smallest absolute Gasteiger partial charge is 0.327 e. The minimum Gasteiger partial charge on any atom is -0.465 e. The van der Waals surface area contributed by atoms with Gasteiger partial charge in [-0.1, -0.05) is 31.9 Å². The Morgan fingerprint density at radius 2 is 2.06 bits per heavy atom. The maximum absolute atomic E-state index is 13.0. The molecular formula is C24H32N6O3. The molecule has 0 amide bonds. The summed E-state index contributed by atoms with van der Waals surface area (Å²) in [6.45, 7) is 6.66. The average Bonchev–Trinajstić information content (AvgIpc) is 3.47. The summed E-state index contributed by atoms with van der Waals surface area (Å²) >= 11 is 0. The van der Waals surface area contributed by atoms with E-state index in [0.29, 0.717) is 25.0 Å². The quantitative estimate of drug-likeness (QED) is 0.497. The van der Waals surface area contributed by atoms with Gasteiger partial charge in [0.15, 0.2) is 5.82 Å². The van der Waals surface area contributed by atoms with Gasteiger partial charge in [-0.05, 0) is 66.6 Å². The molecule has 9 heteroatoms. The molecule has 2 heterocycles. The van der Waals surface area contributed by atoms with Crippen LogP contribution in [-0.2, 0) is 22.6 Å². The molecule has 1 fully saturated rings. The number of carbonyl (C=O) groups excluding carboxylic acids is 1. The summed E-state index contributed by atoms with van der Waals surface area (Å²) < 4.78 is 6.62. The Kier molecular flexibility index (Phi) is 7.17. The highest BCUT2D eigenvalue weighted by atomic mass is 16.5. The van der Waals surface area contributed by atoms with Crippen LogP contribution >= 0.6 is 0 Å². The number of tetrazole rings is 1. The van der Waals surface area contributed by atoms with E-state index in [1.54, 1.807) is 6.92 Å². The van der Waals surface area contributed by atoms with E-state index >= 15 is 0 Å². The summed E-state index contributed by atoms with van der Waals surface area (Å²) in [7, 11) is 0. The van der Waals surface area contributed by atoms with Crippen molar-refractivity contribution < 1.29 is 9.53 Å². The van der Waals surface area contributed by atoms with Crippen LogP contribution in [0.5, 0.6) is 0 Å². The van der Waals surface area contributed by atoms with Crippen molar-refractivity contribution in [2.45, 2.75) is 78.0 Å². The number of benzene rings is 1. The van der Waals surface area contributed by atoms with Crippen LogP contribution in [0.4, 0.5) is 0 Å². The first-order chi connectivity index (χ1) is 16.0. The molecule has 0 unspecified atom stereocenters. The number of fused-ring (bicyclic) bond motifs is 1. The summed E-state index contributed by atoms with van der Waals surface area (Å²) in [4.78, 5) is 30.5. The second-order valence-electron chi connectivity index (χ2n) is 8.75. The Morgan fingerprint density at radius 3 is 2.79 bits per heavy atom. The molecule has 1 aliphatic rings. The first-order valence-corrected chi connectivity index (χ1v) is 11.8. The monoisotopic (exact) mass is 452 g/mol. The van der Waals surface area contributed by atoms with Gasteiger partial charge >= 0.3 is 5.97 Å². The third kappa shape index (κ3) is 5.13. The first-order valence-electron chi connectivity index (χ1n) is 11.8. The van der Waals surface area contributed by atoms with Gasteiger partial charge in [0.25, 0.3) is 5.56 Å². The molecule has 176 valence electrons. The number of hydrogen-bond donors (Lipinski definition) is 1. The molecule has 0 aliphatic heterocycles. The number of aryl methyl sites for hydroxylation is 1. The van der Waals surface area contributed by atoms with E-state index in [-0.39, 0.29) is 24.1 Å². The van der Waals surface area contributed by atoms with Crippen molar-refractivity contribution >= 4 is 16.9 Å². The molecular weight excluding hydrogens is 420 g/mol. The predicted octanol–water partition coefficient (Wildman–Crippen LogP) is 3.28. The van der Waals surface area contributed by atoms with E-state index in [2.05, 4.69) is 38.4 Å². The van der Waals surface area contributed by atoms with Gasteiger partial charge in [-0.3, -0.25) is 14.5 Å². The van der Waals surface area contributed by atoms with E-state index < -0.39 is 0 Å². The van der Waals surface area contributed by atoms with Crippen LogP contribution in [0.15, 0.2) is 29.1 Å². The Bertz CT molecular complexity index is 1160. The maximum Gasteiger partial charge on any atom is 0.327 e. The van der Waals surface area contributed by atoms with E-state index in [9.17, 15) is 9.59 Å². The number of aromatic nitrogens is 5. The summed E-state index contributed by atoms with van der Waals surface area (Å²) in [5.41, 5.74) is 2.61. The largest absolute Gasteiger partial charge is 0.465 e. The lowest BCUT2D eigenvalue weighted by molar-refractivity contribution is -0.144. The second-order valence-corrected chi connectivity index (χ2v) is 8.75. The van der Waals surface area contributed by atoms with Crippen LogP contribution in [0.1, 0.15) is 68.9 Å². The third-order valence-corrected chi connectivity index (χ3v) is 6.45. The fraction of sp³-hybridized carbons (Fsp3) is 0.542. The number of nitrogens with one attached hydrogen (secondary N) is 1. The average molecular weight is 453 g/mol. The van der Waals surface area contributed by atoms with Gasteiger partial charge in [0.2, 0.25) is 0 Å². The highest BCUT2D eigenvalue weighted by Gasteiger charge is 2.33. The third-order valence-electron chi connectivity index (χ3n) is 6.45. The van der Waals surface area contributed by atoms with Crippen LogP contribution in [-0.4, -0.2) is 48.7 Å². The predicted molar refractivity (Wildman–Crippen MR) is 125 cm³/mol. The number of hydrogen-bond acceptors (Lipinski definition) is 7. The summed E-state index contributed by atoms with van der Waals surface area (Å²) in [5, 5.41) is 13.2. The molecule has 0 saturated heterocycles. The van der Waals surface area contributed by atoms with Gasteiger partial charge in [-0.25, -0.2) is 4.68 Å². The molecule has 1 aliphatic carbocycles. The molecule has 1 aromatic carbocycles. The molecule has 1 atom stereocenters. The van der Waals surface area contributed by atoms with Gasteiger partial charge < -0.3 is 9.72 Å². The molecule has 9 nitrogen and oxygen atoms in total. The number of H-pyrrole nitrogens is 1. The number of esters is 1. The number of aromatic amines is 1. The van der Waals surface area contributed by atoms with Crippen LogP contribution in [0.25, 0.3) is 10.9 Å². The minimum atomic E-state index is -0.366. The van der Waals surface area contributed by atoms with Crippen molar-refractivity contribution in [1.82, 2.24) is 30.1 Å². The Morgan fingerprint density at radius 1 is 1.27 bits per heavy atom. The van der Waals surface area contributed by atoms with Crippen LogP contribution in [0.2, 0.25) is 0 Å². The highest BCUT2D eigenvalue weighted by molar-refractivity contribution is 5.79. The molecule has 4 rings (SSSR count). The van der Waals surface area contributed by atoms with E-state index in [4.69, 9.17) is 4.74 Å². The van der Waals surface area contributed by atoms with E-state index in [0.717, 1.165) is 41.3 Å².